The summed E-state index contributed by atoms with van der Waals surface area (Å²) >= 11 is 0. The van der Waals surface area contributed by atoms with Crippen LogP contribution >= 0.6 is 0 Å². The number of benzene rings is 1. The average Bonchev–Trinajstić information content (AvgIpc) is 2.71. The van der Waals surface area contributed by atoms with E-state index in [-0.39, 0.29) is 10.8 Å². The predicted octanol–water partition coefficient (Wildman–Crippen LogP) is 0.762. The highest BCUT2D eigenvalue weighted by atomic mass is 32.2. The van der Waals surface area contributed by atoms with Gasteiger partial charge in [0.25, 0.3) is 5.91 Å². The van der Waals surface area contributed by atoms with Gasteiger partial charge in [0, 0.05) is 31.7 Å². The molecule has 6 nitrogen and oxygen atoms in total. The van der Waals surface area contributed by atoms with Gasteiger partial charge >= 0.3 is 0 Å². The molecule has 1 saturated heterocycles. The van der Waals surface area contributed by atoms with Gasteiger partial charge in [-0.2, -0.15) is 0 Å². The molecule has 22 heavy (non-hydrogen) atoms. The molecule has 1 aliphatic rings. The third-order valence-electron chi connectivity index (χ3n) is 3.75. The first-order chi connectivity index (χ1) is 10.4. The summed E-state index contributed by atoms with van der Waals surface area (Å²) in [4.78, 5) is 16.7. The van der Waals surface area contributed by atoms with Gasteiger partial charge in [0.1, 0.15) is 0 Å². The van der Waals surface area contributed by atoms with E-state index in [0.717, 1.165) is 26.1 Å². The maximum Gasteiger partial charge on any atom is 0.253 e. The Morgan fingerprint density at radius 1 is 1.14 bits per heavy atom. The maximum absolute atomic E-state index is 12.5. The fraction of sp³-hybridized carbons (Fsp3) is 0.533. The molecule has 1 aliphatic heterocycles. The Labute approximate surface area is 132 Å². The lowest BCUT2D eigenvalue weighted by atomic mass is 10.2. The SMILES string of the molecule is CCNS(=O)(=O)c1ccc(C(=O)N2CCCN(C)CC2)cc1. The van der Waals surface area contributed by atoms with Crippen LogP contribution < -0.4 is 4.72 Å². The molecule has 0 spiro atoms. The highest BCUT2D eigenvalue weighted by molar-refractivity contribution is 7.89. The first-order valence-electron chi connectivity index (χ1n) is 7.51. The molecule has 0 saturated carbocycles. The fourth-order valence-corrected chi connectivity index (χ4v) is 3.52. The lowest BCUT2D eigenvalue weighted by Gasteiger charge is -2.20. The van der Waals surface area contributed by atoms with E-state index >= 15 is 0 Å². The van der Waals surface area contributed by atoms with E-state index in [0.29, 0.717) is 18.7 Å². The second-order valence-corrected chi connectivity index (χ2v) is 7.24. The van der Waals surface area contributed by atoms with Crippen LogP contribution in [0.3, 0.4) is 0 Å². The molecule has 0 bridgehead atoms. The van der Waals surface area contributed by atoms with E-state index in [2.05, 4.69) is 9.62 Å². The van der Waals surface area contributed by atoms with Crippen LogP contribution in [-0.2, 0) is 10.0 Å². The Bertz CT molecular complexity index is 613. The summed E-state index contributed by atoms with van der Waals surface area (Å²) in [6.07, 6.45) is 0.953. The van der Waals surface area contributed by atoms with E-state index < -0.39 is 10.0 Å². The molecule has 122 valence electrons. The van der Waals surface area contributed by atoms with E-state index in [4.69, 9.17) is 0 Å². The number of likely N-dealkylation sites (N-methyl/N-ethyl adjacent to an activating group) is 1. The van der Waals surface area contributed by atoms with Crippen molar-refractivity contribution in [2.75, 3.05) is 39.8 Å². The standard InChI is InChI=1S/C15H23N3O3S/c1-3-16-22(20,21)14-7-5-13(6-8-14)15(19)18-10-4-9-17(2)11-12-18/h5-8,16H,3-4,9-12H2,1-2H3. The minimum Gasteiger partial charge on any atom is -0.337 e. The molecular formula is C15H23N3O3S. The monoisotopic (exact) mass is 325 g/mol. The average molecular weight is 325 g/mol. The molecule has 1 heterocycles. The summed E-state index contributed by atoms with van der Waals surface area (Å²) in [5.74, 6) is -0.0392. The van der Waals surface area contributed by atoms with E-state index in [1.807, 2.05) is 11.9 Å². The zero-order valence-electron chi connectivity index (χ0n) is 13.1. The summed E-state index contributed by atoms with van der Waals surface area (Å²) in [5.41, 5.74) is 0.528. The van der Waals surface area contributed by atoms with Gasteiger partial charge in [0.15, 0.2) is 0 Å². The van der Waals surface area contributed by atoms with Crippen LogP contribution in [0.25, 0.3) is 0 Å². The van der Waals surface area contributed by atoms with Crippen LogP contribution in [0.5, 0.6) is 0 Å². The van der Waals surface area contributed by atoms with Gasteiger partial charge in [0.05, 0.1) is 4.90 Å². The summed E-state index contributed by atoms with van der Waals surface area (Å²) in [7, 11) is -1.42. The van der Waals surface area contributed by atoms with E-state index in [9.17, 15) is 13.2 Å². The van der Waals surface area contributed by atoms with Crippen molar-refractivity contribution in [3.8, 4) is 0 Å². The number of nitrogens with one attached hydrogen (secondary N) is 1. The number of hydrogen-bond acceptors (Lipinski definition) is 4. The Kier molecular flexibility index (Phi) is 5.55. The van der Waals surface area contributed by atoms with Gasteiger partial charge < -0.3 is 9.80 Å². The number of nitrogens with zero attached hydrogens (tertiary/aromatic N) is 2. The summed E-state index contributed by atoms with van der Waals surface area (Å²) in [6, 6.07) is 6.13. The van der Waals surface area contributed by atoms with Gasteiger partial charge in [-0.3, -0.25) is 4.79 Å². The normalized spacial score (nSPS) is 17.3. The third kappa shape index (κ3) is 4.06. The summed E-state index contributed by atoms with van der Waals surface area (Å²) in [5, 5.41) is 0. The molecule has 0 atom stereocenters. The Morgan fingerprint density at radius 2 is 1.82 bits per heavy atom. The van der Waals surface area contributed by atoms with Crippen molar-refractivity contribution in [1.82, 2.24) is 14.5 Å². The minimum atomic E-state index is -3.47. The van der Waals surface area contributed by atoms with Crippen LogP contribution in [0.4, 0.5) is 0 Å². The Morgan fingerprint density at radius 3 is 2.45 bits per heavy atom. The molecular weight excluding hydrogens is 302 g/mol. The fourth-order valence-electron chi connectivity index (χ4n) is 2.48. The van der Waals surface area contributed by atoms with Crippen LogP contribution in [0.1, 0.15) is 23.7 Å². The first kappa shape index (κ1) is 16.9. The van der Waals surface area contributed by atoms with Crippen molar-refractivity contribution >= 4 is 15.9 Å². The molecule has 0 radical (unpaired) electrons. The molecule has 1 fully saturated rings. The van der Waals surface area contributed by atoms with Crippen LogP contribution in [0, 0.1) is 0 Å². The number of amides is 1. The highest BCUT2D eigenvalue weighted by Crippen LogP contribution is 2.13. The highest BCUT2D eigenvalue weighted by Gasteiger charge is 2.20. The van der Waals surface area contributed by atoms with Crippen molar-refractivity contribution < 1.29 is 13.2 Å². The van der Waals surface area contributed by atoms with Crippen molar-refractivity contribution in [1.29, 1.82) is 0 Å². The second kappa shape index (κ2) is 7.21. The van der Waals surface area contributed by atoms with Crippen molar-refractivity contribution in [3.05, 3.63) is 29.8 Å². The topological polar surface area (TPSA) is 69.7 Å². The summed E-state index contributed by atoms with van der Waals surface area (Å²) < 4.78 is 26.2. The number of sulfonamides is 1. The van der Waals surface area contributed by atoms with Crippen LogP contribution in [-0.4, -0.2) is 63.9 Å². The lowest BCUT2D eigenvalue weighted by molar-refractivity contribution is 0.0762. The third-order valence-corrected chi connectivity index (χ3v) is 5.31. The zero-order chi connectivity index (χ0) is 16.2. The molecule has 1 N–H and O–H groups in total. The summed E-state index contributed by atoms with van der Waals surface area (Å²) in [6.45, 7) is 5.35. The van der Waals surface area contributed by atoms with Gasteiger partial charge in [-0.25, -0.2) is 13.1 Å². The van der Waals surface area contributed by atoms with Crippen molar-refractivity contribution in [2.24, 2.45) is 0 Å². The van der Waals surface area contributed by atoms with Crippen LogP contribution in [0.2, 0.25) is 0 Å². The number of carbonyl (C=O) groups is 1. The molecule has 0 aromatic heterocycles. The molecule has 2 rings (SSSR count). The second-order valence-electron chi connectivity index (χ2n) is 5.47. The van der Waals surface area contributed by atoms with Gasteiger partial charge in [-0.15, -0.1) is 0 Å². The predicted molar refractivity (Wildman–Crippen MR) is 85.3 cm³/mol. The minimum absolute atomic E-state index is 0.0392. The quantitative estimate of drug-likeness (QED) is 0.887. The lowest BCUT2D eigenvalue weighted by Crippen LogP contribution is -2.34. The molecule has 0 aliphatic carbocycles. The van der Waals surface area contributed by atoms with E-state index in [1.54, 1.807) is 19.1 Å². The molecule has 1 amide bonds. The number of carbonyl (C=O) groups excluding carboxylic acids is 1. The molecule has 0 unspecified atom stereocenters. The van der Waals surface area contributed by atoms with Crippen LogP contribution in [0.15, 0.2) is 29.2 Å². The zero-order valence-corrected chi connectivity index (χ0v) is 13.9. The largest absolute Gasteiger partial charge is 0.337 e. The number of rotatable bonds is 4. The molecule has 1 aromatic carbocycles. The number of hydrogen-bond donors (Lipinski definition) is 1. The molecule has 1 aromatic rings. The van der Waals surface area contributed by atoms with Gasteiger partial charge in [-0.1, -0.05) is 6.92 Å². The first-order valence-corrected chi connectivity index (χ1v) is 9.00. The Balaban J connectivity index is 2.11. The van der Waals surface area contributed by atoms with Crippen molar-refractivity contribution in [2.45, 2.75) is 18.2 Å². The smallest absolute Gasteiger partial charge is 0.253 e. The Hall–Kier alpha value is -1.44. The van der Waals surface area contributed by atoms with Gasteiger partial charge in [-0.05, 0) is 44.3 Å². The molecule has 7 heteroatoms. The van der Waals surface area contributed by atoms with Crippen molar-refractivity contribution in [3.63, 3.8) is 0 Å². The maximum atomic E-state index is 12.5. The van der Waals surface area contributed by atoms with Gasteiger partial charge in [0.2, 0.25) is 10.0 Å². The van der Waals surface area contributed by atoms with E-state index in [1.165, 1.54) is 12.1 Å².